The molecule has 3 rings (SSSR count). The molecule has 5 nitrogen and oxygen atoms in total. The van der Waals surface area contributed by atoms with Crippen molar-refractivity contribution in [3.63, 3.8) is 0 Å². The van der Waals surface area contributed by atoms with Crippen LogP contribution in [0.4, 0.5) is 5.95 Å². The monoisotopic (exact) mass is 262 g/mol. The number of fused-ring (bicyclic) bond motifs is 1. The molecule has 0 spiro atoms. The highest BCUT2D eigenvalue weighted by atomic mass is 16.5. The Balaban J connectivity index is 1.82. The second-order valence-corrected chi connectivity index (χ2v) is 5.17. The van der Waals surface area contributed by atoms with E-state index < -0.39 is 0 Å². The molecule has 1 saturated heterocycles. The molecule has 1 aliphatic heterocycles. The van der Waals surface area contributed by atoms with Gasteiger partial charge < -0.3 is 15.0 Å². The molecular weight excluding hydrogens is 240 g/mol. The van der Waals surface area contributed by atoms with E-state index in [1.54, 1.807) is 0 Å². The van der Waals surface area contributed by atoms with Crippen LogP contribution >= 0.6 is 0 Å². The summed E-state index contributed by atoms with van der Waals surface area (Å²) in [5.41, 5.74) is 2.53. The number of morpholine rings is 1. The third kappa shape index (κ3) is 2.72. The fourth-order valence-electron chi connectivity index (χ4n) is 2.91. The minimum atomic E-state index is 0.437. The molecule has 19 heavy (non-hydrogen) atoms. The maximum absolute atomic E-state index is 5.38. The molecular formula is C14H22N4O. The van der Waals surface area contributed by atoms with Crippen LogP contribution in [0.15, 0.2) is 6.20 Å². The largest absolute Gasteiger partial charge is 0.378 e. The Morgan fingerprint density at radius 1 is 1.42 bits per heavy atom. The molecule has 104 valence electrons. The highest BCUT2D eigenvalue weighted by Crippen LogP contribution is 2.29. The highest BCUT2D eigenvalue weighted by molar-refractivity contribution is 5.35. The molecule has 1 fully saturated rings. The zero-order chi connectivity index (χ0) is 13.1. The van der Waals surface area contributed by atoms with E-state index in [2.05, 4.69) is 22.1 Å². The average molecular weight is 262 g/mol. The van der Waals surface area contributed by atoms with Gasteiger partial charge in [0.1, 0.15) is 0 Å². The standard InChI is InChI=1S/C14H22N4O/c1-2-15-12-4-3-5-13-11(12)10-16-14(17-13)18-6-8-19-9-7-18/h10,12,15H,2-9H2,1H3. The first-order valence-corrected chi connectivity index (χ1v) is 7.30. The number of hydrogen-bond donors (Lipinski definition) is 1. The first-order chi connectivity index (χ1) is 9.38. The minimum Gasteiger partial charge on any atom is -0.378 e. The summed E-state index contributed by atoms with van der Waals surface area (Å²) in [4.78, 5) is 11.6. The van der Waals surface area contributed by atoms with Crippen LogP contribution in [0.25, 0.3) is 0 Å². The minimum absolute atomic E-state index is 0.437. The van der Waals surface area contributed by atoms with Crippen molar-refractivity contribution in [3.8, 4) is 0 Å². The smallest absolute Gasteiger partial charge is 0.225 e. The van der Waals surface area contributed by atoms with E-state index in [1.165, 1.54) is 24.1 Å². The van der Waals surface area contributed by atoms with Crippen LogP contribution < -0.4 is 10.2 Å². The predicted molar refractivity (Wildman–Crippen MR) is 74.4 cm³/mol. The Labute approximate surface area is 114 Å². The van der Waals surface area contributed by atoms with Gasteiger partial charge in [-0.05, 0) is 25.8 Å². The maximum atomic E-state index is 5.38. The van der Waals surface area contributed by atoms with Crippen molar-refractivity contribution in [2.45, 2.75) is 32.2 Å². The van der Waals surface area contributed by atoms with E-state index in [-0.39, 0.29) is 0 Å². The van der Waals surface area contributed by atoms with Crippen LogP contribution in [-0.2, 0) is 11.2 Å². The van der Waals surface area contributed by atoms with Crippen molar-refractivity contribution >= 4 is 5.95 Å². The molecule has 5 heteroatoms. The number of anilines is 1. The van der Waals surface area contributed by atoms with Gasteiger partial charge in [0.05, 0.1) is 18.9 Å². The second kappa shape index (κ2) is 5.84. The van der Waals surface area contributed by atoms with Gasteiger partial charge in [0.15, 0.2) is 0 Å². The van der Waals surface area contributed by atoms with Gasteiger partial charge in [-0.3, -0.25) is 0 Å². The van der Waals surface area contributed by atoms with Crippen molar-refractivity contribution in [2.24, 2.45) is 0 Å². The molecule has 1 atom stereocenters. The first kappa shape index (κ1) is 12.8. The normalized spacial score (nSPS) is 23.2. The van der Waals surface area contributed by atoms with E-state index in [4.69, 9.17) is 9.72 Å². The summed E-state index contributed by atoms with van der Waals surface area (Å²) >= 11 is 0. The zero-order valence-electron chi connectivity index (χ0n) is 11.6. The first-order valence-electron chi connectivity index (χ1n) is 7.30. The van der Waals surface area contributed by atoms with Crippen molar-refractivity contribution < 1.29 is 4.74 Å². The second-order valence-electron chi connectivity index (χ2n) is 5.17. The van der Waals surface area contributed by atoms with Gasteiger partial charge in [-0.1, -0.05) is 6.92 Å². The number of aromatic nitrogens is 2. The lowest BCUT2D eigenvalue weighted by Crippen LogP contribution is -2.38. The number of aryl methyl sites for hydroxylation is 1. The van der Waals surface area contributed by atoms with Gasteiger partial charge in [-0.15, -0.1) is 0 Å². The van der Waals surface area contributed by atoms with Gasteiger partial charge >= 0.3 is 0 Å². The van der Waals surface area contributed by atoms with Gasteiger partial charge in [0, 0.05) is 30.9 Å². The van der Waals surface area contributed by atoms with Crippen molar-refractivity contribution in [2.75, 3.05) is 37.7 Å². The van der Waals surface area contributed by atoms with Gasteiger partial charge in [0.2, 0.25) is 5.95 Å². The number of hydrogen-bond acceptors (Lipinski definition) is 5. The lowest BCUT2D eigenvalue weighted by Gasteiger charge is -2.29. The average Bonchev–Trinajstić information content (AvgIpc) is 2.48. The maximum Gasteiger partial charge on any atom is 0.225 e. The summed E-state index contributed by atoms with van der Waals surface area (Å²) in [5.74, 6) is 0.874. The molecule has 0 radical (unpaired) electrons. The fourth-order valence-corrected chi connectivity index (χ4v) is 2.91. The SMILES string of the molecule is CCNC1CCCc2nc(N3CCOCC3)ncc21. The van der Waals surface area contributed by atoms with Crippen LogP contribution in [0, 0.1) is 0 Å². The number of nitrogens with one attached hydrogen (secondary N) is 1. The summed E-state index contributed by atoms with van der Waals surface area (Å²) in [6, 6.07) is 0.437. The molecule has 1 N–H and O–H groups in total. The topological polar surface area (TPSA) is 50.3 Å². The lowest BCUT2D eigenvalue weighted by molar-refractivity contribution is 0.122. The van der Waals surface area contributed by atoms with Crippen LogP contribution in [0.2, 0.25) is 0 Å². The molecule has 1 aliphatic carbocycles. The van der Waals surface area contributed by atoms with Crippen LogP contribution in [-0.4, -0.2) is 42.8 Å². The number of ether oxygens (including phenoxy) is 1. The number of rotatable bonds is 3. The Hall–Kier alpha value is -1.20. The summed E-state index contributed by atoms with van der Waals surface area (Å²) in [7, 11) is 0. The highest BCUT2D eigenvalue weighted by Gasteiger charge is 2.23. The Kier molecular flexibility index (Phi) is 3.94. The van der Waals surface area contributed by atoms with Crippen LogP contribution in [0.5, 0.6) is 0 Å². The van der Waals surface area contributed by atoms with E-state index in [1.807, 2.05) is 6.20 Å². The lowest BCUT2D eigenvalue weighted by atomic mass is 9.92. The third-order valence-corrected chi connectivity index (χ3v) is 3.91. The van der Waals surface area contributed by atoms with Crippen molar-refractivity contribution in [1.82, 2.24) is 15.3 Å². The van der Waals surface area contributed by atoms with Crippen LogP contribution in [0.1, 0.15) is 37.1 Å². The Bertz CT molecular complexity index is 431. The van der Waals surface area contributed by atoms with Gasteiger partial charge in [-0.25, -0.2) is 9.97 Å². The predicted octanol–water partition coefficient (Wildman–Crippen LogP) is 1.30. The zero-order valence-corrected chi connectivity index (χ0v) is 11.6. The molecule has 1 aromatic rings. The summed E-state index contributed by atoms with van der Waals surface area (Å²) in [6.07, 6.45) is 5.52. The van der Waals surface area contributed by atoms with E-state index in [9.17, 15) is 0 Å². The van der Waals surface area contributed by atoms with E-state index in [0.29, 0.717) is 6.04 Å². The van der Waals surface area contributed by atoms with E-state index >= 15 is 0 Å². The molecule has 0 aromatic carbocycles. The number of nitrogens with zero attached hydrogens (tertiary/aromatic N) is 3. The quantitative estimate of drug-likeness (QED) is 0.890. The van der Waals surface area contributed by atoms with Crippen molar-refractivity contribution in [1.29, 1.82) is 0 Å². The van der Waals surface area contributed by atoms with Gasteiger partial charge in [0.25, 0.3) is 0 Å². The summed E-state index contributed by atoms with van der Waals surface area (Å²) in [5, 5.41) is 3.53. The molecule has 0 bridgehead atoms. The van der Waals surface area contributed by atoms with Gasteiger partial charge in [-0.2, -0.15) is 0 Å². The summed E-state index contributed by atoms with van der Waals surface area (Å²) in [6.45, 7) is 6.50. The third-order valence-electron chi connectivity index (χ3n) is 3.91. The fraction of sp³-hybridized carbons (Fsp3) is 0.714. The Morgan fingerprint density at radius 3 is 3.05 bits per heavy atom. The van der Waals surface area contributed by atoms with E-state index in [0.717, 1.165) is 45.2 Å². The molecule has 1 unspecified atom stereocenters. The van der Waals surface area contributed by atoms with Crippen LogP contribution in [0.3, 0.4) is 0 Å². The molecule has 0 amide bonds. The summed E-state index contributed by atoms with van der Waals surface area (Å²) < 4.78 is 5.38. The molecule has 2 heterocycles. The molecule has 1 aromatic heterocycles. The van der Waals surface area contributed by atoms with Crippen molar-refractivity contribution in [3.05, 3.63) is 17.5 Å². The Morgan fingerprint density at radius 2 is 2.26 bits per heavy atom. The molecule has 2 aliphatic rings. The molecule has 0 saturated carbocycles.